The van der Waals surface area contributed by atoms with E-state index >= 15 is 0 Å². The summed E-state index contributed by atoms with van der Waals surface area (Å²) in [5.41, 5.74) is 1.13. The van der Waals surface area contributed by atoms with Gasteiger partial charge in [0.2, 0.25) is 0 Å². The minimum atomic E-state index is -3.81. The van der Waals surface area contributed by atoms with Crippen LogP contribution in [0.5, 0.6) is 5.75 Å². The van der Waals surface area contributed by atoms with Crippen LogP contribution in [-0.4, -0.2) is 51.2 Å². The number of amidine groups is 1. The van der Waals surface area contributed by atoms with Crippen LogP contribution in [0, 0.1) is 0 Å². The number of carbonyl (C=O) groups excluding carboxylic acids is 1. The molecule has 0 atom stereocenters. The summed E-state index contributed by atoms with van der Waals surface area (Å²) < 4.78 is 36.0. The molecule has 33 heavy (non-hydrogen) atoms. The normalized spacial score (nSPS) is 16.6. The van der Waals surface area contributed by atoms with E-state index in [0.29, 0.717) is 43.8 Å². The number of hydrogen-bond donors (Lipinski definition) is 2. The number of nitrogens with zero attached hydrogens (tertiary/aromatic N) is 2. The molecule has 0 spiro atoms. The standard InChI is InChI=1S/C24H30N4O4S/c1-4-25-19(2)27-33(30,31)28-16-14-24(15-17-28,20-10-6-5-7-11-20)18-26-23(29)21-12-8-9-13-22(21)32-3/h4-13H,1,14-18H2,2-3H3,(H,25,27)(H,26,29). The van der Waals surface area contributed by atoms with Gasteiger partial charge in [-0.1, -0.05) is 49.0 Å². The van der Waals surface area contributed by atoms with Gasteiger partial charge in [0.1, 0.15) is 11.6 Å². The molecule has 1 aliphatic rings. The Labute approximate surface area is 195 Å². The van der Waals surface area contributed by atoms with E-state index in [1.165, 1.54) is 17.6 Å². The maximum absolute atomic E-state index is 12.9. The zero-order chi connectivity index (χ0) is 23.9. The first-order valence-corrected chi connectivity index (χ1v) is 12.1. The third-order valence-electron chi connectivity index (χ3n) is 5.89. The Bertz CT molecular complexity index is 1110. The number of hydrogen-bond acceptors (Lipinski definition) is 4. The van der Waals surface area contributed by atoms with Crippen molar-refractivity contribution in [2.45, 2.75) is 25.2 Å². The second-order valence-corrected chi connectivity index (χ2v) is 9.53. The molecular formula is C24H30N4O4S. The predicted molar refractivity (Wildman–Crippen MR) is 130 cm³/mol. The Kier molecular flexibility index (Phi) is 7.88. The highest BCUT2D eigenvalue weighted by Crippen LogP contribution is 2.36. The van der Waals surface area contributed by atoms with Crippen LogP contribution < -0.4 is 15.4 Å². The Hall–Kier alpha value is -3.17. The minimum Gasteiger partial charge on any atom is -0.496 e. The molecular weight excluding hydrogens is 440 g/mol. The van der Waals surface area contributed by atoms with Gasteiger partial charge in [-0.15, -0.1) is 4.40 Å². The van der Waals surface area contributed by atoms with Gasteiger partial charge in [0.05, 0.1) is 12.7 Å². The van der Waals surface area contributed by atoms with Crippen molar-refractivity contribution in [3.05, 3.63) is 78.5 Å². The summed E-state index contributed by atoms with van der Waals surface area (Å²) in [4.78, 5) is 12.9. The van der Waals surface area contributed by atoms with E-state index in [2.05, 4.69) is 21.6 Å². The second-order valence-electron chi connectivity index (χ2n) is 7.93. The van der Waals surface area contributed by atoms with Gasteiger partial charge < -0.3 is 15.4 Å². The van der Waals surface area contributed by atoms with Gasteiger partial charge in [-0.25, -0.2) is 0 Å². The van der Waals surface area contributed by atoms with Gasteiger partial charge in [0, 0.05) is 25.0 Å². The van der Waals surface area contributed by atoms with Crippen LogP contribution in [0.25, 0.3) is 0 Å². The summed E-state index contributed by atoms with van der Waals surface area (Å²) in [6.45, 7) is 6.07. The van der Waals surface area contributed by atoms with E-state index in [0.717, 1.165) is 5.56 Å². The van der Waals surface area contributed by atoms with Gasteiger partial charge in [-0.3, -0.25) is 4.79 Å². The molecule has 8 nitrogen and oxygen atoms in total. The van der Waals surface area contributed by atoms with Gasteiger partial charge >= 0.3 is 10.2 Å². The number of amides is 1. The number of nitrogens with one attached hydrogen (secondary N) is 2. The molecule has 0 radical (unpaired) electrons. The Morgan fingerprint density at radius 2 is 1.79 bits per heavy atom. The van der Waals surface area contributed by atoms with Gasteiger partial charge in [-0.2, -0.15) is 12.7 Å². The molecule has 0 aliphatic carbocycles. The first kappa shape index (κ1) is 24.5. The largest absolute Gasteiger partial charge is 0.496 e. The molecule has 0 unspecified atom stereocenters. The van der Waals surface area contributed by atoms with Crippen molar-refractivity contribution in [2.24, 2.45) is 4.40 Å². The fourth-order valence-corrected chi connectivity index (χ4v) is 5.24. The number of rotatable bonds is 8. The molecule has 1 saturated heterocycles. The summed E-state index contributed by atoms with van der Waals surface area (Å²) in [5, 5.41) is 5.74. The fourth-order valence-electron chi connectivity index (χ4n) is 4.09. The first-order chi connectivity index (χ1) is 15.8. The molecule has 176 valence electrons. The SMILES string of the molecule is C=CN/C(C)=N/S(=O)(=O)N1CCC(CNC(=O)c2ccccc2OC)(c2ccccc2)CC1. The third kappa shape index (κ3) is 5.80. The summed E-state index contributed by atoms with van der Waals surface area (Å²) >= 11 is 0. The van der Waals surface area contributed by atoms with Gasteiger partial charge in [0.15, 0.2) is 0 Å². The number of ether oxygens (including phenoxy) is 1. The lowest BCUT2D eigenvalue weighted by atomic mass is 9.73. The zero-order valence-electron chi connectivity index (χ0n) is 19.0. The summed E-state index contributed by atoms with van der Waals surface area (Å²) in [5.74, 6) is 0.536. The number of piperidine rings is 1. The Morgan fingerprint density at radius 3 is 2.42 bits per heavy atom. The minimum absolute atomic E-state index is 0.228. The quantitative estimate of drug-likeness (QED) is 0.457. The van der Waals surface area contributed by atoms with E-state index < -0.39 is 15.6 Å². The lowest BCUT2D eigenvalue weighted by molar-refractivity contribution is 0.0930. The molecule has 1 amide bonds. The molecule has 2 aromatic rings. The van der Waals surface area contributed by atoms with Gasteiger partial charge in [-0.05, 0) is 43.7 Å². The Balaban J connectivity index is 1.79. The summed E-state index contributed by atoms with van der Waals surface area (Å²) in [6, 6.07) is 17.0. The van der Waals surface area contributed by atoms with Crippen LogP contribution in [-0.2, 0) is 15.6 Å². The van der Waals surface area contributed by atoms with Crippen molar-refractivity contribution in [1.29, 1.82) is 0 Å². The van der Waals surface area contributed by atoms with Crippen LogP contribution in [0.3, 0.4) is 0 Å². The van der Waals surface area contributed by atoms with Crippen molar-refractivity contribution in [3.8, 4) is 5.75 Å². The molecule has 2 aromatic carbocycles. The maximum atomic E-state index is 12.9. The van der Waals surface area contributed by atoms with E-state index in [-0.39, 0.29) is 11.7 Å². The zero-order valence-corrected chi connectivity index (χ0v) is 19.8. The molecule has 0 aromatic heterocycles. The molecule has 1 aliphatic heterocycles. The molecule has 3 rings (SSSR count). The highest BCUT2D eigenvalue weighted by molar-refractivity contribution is 7.87. The van der Waals surface area contributed by atoms with E-state index in [1.54, 1.807) is 25.1 Å². The average Bonchev–Trinajstić information content (AvgIpc) is 2.83. The highest BCUT2D eigenvalue weighted by atomic mass is 32.2. The topological polar surface area (TPSA) is 100 Å². The number of para-hydroxylation sites is 1. The van der Waals surface area contributed by atoms with E-state index in [1.807, 2.05) is 36.4 Å². The third-order valence-corrected chi connectivity index (χ3v) is 7.42. The number of carbonyl (C=O) groups is 1. The fraction of sp³-hybridized carbons (Fsp3) is 0.333. The lowest BCUT2D eigenvalue weighted by Gasteiger charge is -2.41. The van der Waals surface area contributed by atoms with Crippen LogP contribution in [0.2, 0.25) is 0 Å². The van der Waals surface area contributed by atoms with Crippen molar-refractivity contribution in [1.82, 2.24) is 14.9 Å². The van der Waals surface area contributed by atoms with Crippen molar-refractivity contribution in [2.75, 3.05) is 26.7 Å². The number of benzene rings is 2. The molecule has 1 heterocycles. The molecule has 0 saturated carbocycles. The van der Waals surface area contributed by atoms with Crippen molar-refractivity contribution >= 4 is 22.0 Å². The Morgan fingerprint density at radius 1 is 1.15 bits per heavy atom. The van der Waals surface area contributed by atoms with Crippen molar-refractivity contribution in [3.63, 3.8) is 0 Å². The predicted octanol–water partition coefficient (Wildman–Crippen LogP) is 2.86. The van der Waals surface area contributed by atoms with Crippen molar-refractivity contribution < 1.29 is 17.9 Å². The second kappa shape index (κ2) is 10.6. The average molecular weight is 471 g/mol. The van der Waals surface area contributed by atoms with Crippen LogP contribution in [0.4, 0.5) is 0 Å². The van der Waals surface area contributed by atoms with E-state index in [4.69, 9.17) is 4.74 Å². The lowest BCUT2D eigenvalue weighted by Crippen LogP contribution is -2.50. The monoisotopic (exact) mass is 470 g/mol. The molecule has 2 N–H and O–H groups in total. The number of methoxy groups -OCH3 is 1. The smallest absolute Gasteiger partial charge is 0.323 e. The molecule has 1 fully saturated rings. The van der Waals surface area contributed by atoms with E-state index in [9.17, 15) is 13.2 Å². The maximum Gasteiger partial charge on any atom is 0.323 e. The molecule has 0 bridgehead atoms. The highest BCUT2D eigenvalue weighted by Gasteiger charge is 2.39. The summed E-state index contributed by atoms with van der Waals surface area (Å²) in [6.07, 6.45) is 2.48. The van der Waals surface area contributed by atoms with Crippen LogP contribution in [0.1, 0.15) is 35.7 Å². The van der Waals surface area contributed by atoms with Gasteiger partial charge in [0.25, 0.3) is 5.91 Å². The van der Waals surface area contributed by atoms with Crippen LogP contribution in [0.15, 0.2) is 71.8 Å². The first-order valence-electron chi connectivity index (χ1n) is 10.7. The molecule has 9 heteroatoms. The van der Waals surface area contributed by atoms with Crippen LogP contribution >= 0.6 is 0 Å². The summed E-state index contributed by atoms with van der Waals surface area (Å²) in [7, 11) is -2.28.